The molecule has 1 aromatic heterocycles. The number of anilines is 1. The highest BCUT2D eigenvalue weighted by Crippen LogP contribution is 2.09. The smallest absolute Gasteiger partial charge is 0.229 e. The summed E-state index contributed by atoms with van der Waals surface area (Å²) in [5, 5.41) is 11.1. The molecular formula is C7H12N4S. The standard InChI is InChI=1S/C7H12N4S/c1-5(2)4-6(3)8-7-9-10-11-12-7/h4-5H,1-3H3,(H,8,9,11)/b6-4-. The summed E-state index contributed by atoms with van der Waals surface area (Å²) in [4.78, 5) is 0. The van der Waals surface area contributed by atoms with Crippen molar-refractivity contribution in [3.05, 3.63) is 11.8 Å². The zero-order valence-corrected chi connectivity index (χ0v) is 8.22. The highest BCUT2D eigenvalue weighted by molar-refractivity contribution is 7.09. The molecule has 0 saturated carbocycles. The molecule has 0 aliphatic heterocycles. The van der Waals surface area contributed by atoms with E-state index in [-0.39, 0.29) is 0 Å². The van der Waals surface area contributed by atoms with E-state index in [2.05, 4.69) is 40.0 Å². The summed E-state index contributed by atoms with van der Waals surface area (Å²) in [7, 11) is 0. The van der Waals surface area contributed by atoms with Crippen molar-refractivity contribution in [1.29, 1.82) is 0 Å². The summed E-state index contributed by atoms with van der Waals surface area (Å²) < 4.78 is 3.65. The molecule has 0 spiro atoms. The number of aromatic nitrogens is 3. The normalized spacial score (nSPS) is 12.2. The molecule has 1 N–H and O–H groups in total. The van der Waals surface area contributed by atoms with Crippen LogP contribution in [-0.4, -0.2) is 14.8 Å². The van der Waals surface area contributed by atoms with Crippen molar-refractivity contribution in [2.24, 2.45) is 5.92 Å². The highest BCUT2D eigenvalue weighted by atomic mass is 32.1. The topological polar surface area (TPSA) is 50.7 Å². The molecule has 0 fully saturated rings. The van der Waals surface area contributed by atoms with Crippen LogP contribution in [0.5, 0.6) is 0 Å². The Kier molecular flexibility index (Phi) is 3.16. The number of allylic oxidation sites excluding steroid dienone is 2. The largest absolute Gasteiger partial charge is 0.333 e. The lowest BCUT2D eigenvalue weighted by Crippen LogP contribution is -1.96. The molecule has 0 aromatic carbocycles. The summed E-state index contributed by atoms with van der Waals surface area (Å²) in [6.07, 6.45) is 2.13. The van der Waals surface area contributed by atoms with E-state index in [1.165, 1.54) is 11.5 Å². The van der Waals surface area contributed by atoms with Gasteiger partial charge in [0.25, 0.3) is 0 Å². The second-order valence-electron chi connectivity index (χ2n) is 2.89. The fraction of sp³-hybridized carbons (Fsp3) is 0.571. The number of nitrogens with zero attached hydrogens (tertiary/aromatic N) is 3. The molecule has 0 atom stereocenters. The average Bonchev–Trinajstić information content (AvgIpc) is 2.37. The molecule has 1 heterocycles. The van der Waals surface area contributed by atoms with Crippen molar-refractivity contribution in [3.63, 3.8) is 0 Å². The fourth-order valence-electron chi connectivity index (χ4n) is 0.892. The molecule has 0 aliphatic rings. The molecule has 0 bridgehead atoms. The molecule has 1 rings (SSSR count). The van der Waals surface area contributed by atoms with Crippen LogP contribution in [0.25, 0.3) is 0 Å². The molecule has 0 unspecified atom stereocenters. The van der Waals surface area contributed by atoms with Gasteiger partial charge in [0.05, 0.1) is 0 Å². The van der Waals surface area contributed by atoms with Crippen LogP contribution < -0.4 is 5.32 Å². The van der Waals surface area contributed by atoms with Gasteiger partial charge in [0, 0.05) is 17.2 Å². The molecule has 0 amide bonds. The second kappa shape index (κ2) is 4.15. The van der Waals surface area contributed by atoms with E-state index in [9.17, 15) is 0 Å². The SMILES string of the molecule is C/C(=C/C(C)C)Nc1nnns1. The first kappa shape index (κ1) is 9.12. The molecule has 5 heteroatoms. The van der Waals surface area contributed by atoms with Gasteiger partial charge in [-0.15, -0.1) is 0 Å². The van der Waals surface area contributed by atoms with E-state index in [1.54, 1.807) is 0 Å². The van der Waals surface area contributed by atoms with Crippen molar-refractivity contribution < 1.29 is 0 Å². The van der Waals surface area contributed by atoms with Crippen LogP contribution in [0.15, 0.2) is 11.8 Å². The number of hydrogen-bond acceptors (Lipinski definition) is 5. The summed E-state index contributed by atoms with van der Waals surface area (Å²) in [6.45, 7) is 6.26. The Morgan fingerprint density at radius 1 is 1.58 bits per heavy atom. The van der Waals surface area contributed by atoms with Gasteiger partial charge in [-0.3, -0.25) is 0 Å². The quantitative estimate of drug-likeness (QED) is 0.779. The van der Waals surface area contributed by atoms with Gasteiger partial charge in [-0.1, -0.05) is 29.5 Å². The van der Waals surface area contributed by atoms with E-state index in [4.69, 9.17) is 0 Å². The predicted octanol–water partition coefficient (Wildman–Crippen LogP) is 1.90. The van der Waals surface area contributed by atoms with Crippen LogP contribution in [0.3, 0.4) is 0 Å². The Balaban J connectivity index is 2.52. The average molecular weight is 184 g/mol. The van der Waals surface area contributed by atoms with Gasteiger partial charge in [0.1, 0.15) is 0 Å². The first-order valence-corrected chi connectivity index (χ1v) is 4.56. The monoisotopic (exact) mass is 184 g/mol. The van der Waals surface area contributed by atoms with Crippen molar-refractivity contribution >= 4 is 16.7 Å². The van der Waals surface area contributed by atoms with Crippen LogP contribution in [0, 0.1) is 5.92 Å². The zero-order chi connectivity index (χ0) is 8.97. The Morgan fingerprint density at radius 3 is 2.83 bits per heavy atom. The summed E-state index contributed by atoms with van der Waals surface area (Å²) in [5.41, 5.74) is 1.09. The second-order valence-corrected chi connectivity index (χ2v) is 3.62. The van der Waals surface area contributed by atoms with Gasteiger partial charge in [0.15, 0.2) is 0 Å². The van der Waals surface area contributed by atoms with Crippen molar-refractivity contribution in [2.75, 3.05) is 5.32 Å². The zero-order valence-electron chi connectivity index (χ0n) is 7.40. The third kappa shape index (κ3) is 2.96. The minimum absolute atomic E-state index is 0.540. The van der Waals surface area contributed by atoms with E-state index in [1.807, 2.05) is 6.92 Å². The van der Waals surface area contributed by atoms with E-state index >= 15 is 0 Å². The fourth-order valence-corrected chi connectivity index (χ4v) is 1.32. The minimum atomic E-state index is 0.540. The van der Waals surface area contributed by atoms with Gasteiger partial charge in [-0.05, 0) is 18.1 Å². The van der Waals surface area contributed by atoms with Crippen LogP contribution in [-0.2, 0) is 0 Å². The third-order valence-corrected chi connectivity index (χ3v) is 1.70. The van der Waals surface area contributed by atoms with Gasteiger partial charge >= 0.3 is 0 Å². The molecular weight excluding hydrogens is 172 g/mol. The van der Waals surface area contributed by atoms with Crippen molar-refractivity contribution in [2.45, 2.75) is 20.8 Å². The van der Waals surface area contributed by atoms with Crippen LogP contribution in [0.4, 0.5) is 5.13 Å². The third-order valence-electron chi connectivity index (χ3n) is 1.19. The number of hydrogen-bond donors (Lipinski definition) is 1. The maximum absolute atomic E-state index is 3.77. The Morgan fingerprint density at radius 2 is 2.33 bits per heavy atom. The number of rotatable bonds is 3. The number of nitrogens with one attached hydrogen (secondary N) is 1. The lowest BCUT2D eigenvalue weighted by Gasteiger charge is -2.02. The molecule has 4 nitrogen and oxygen atoms in total. The summed E-state index contributed by atoms with van der Waals surface area (Å²) >= 11 is 1.25. The van der Waals surface area contributed by atoms with Crippen molar-refractivity contribution in [1.82, 2.24) is 14.8 Å². The molecule has 0 saturated heterocycles. The molecule has 0 aliphatic carbocycles. The van der Waals surface area contributed by atoms with E-state index < -0.39 is 0 Å². The summed E-state index contributed by atoms with van der Waals surface area (Å²) in [6, 6.07) is 0. The van der Waals surface area contributed by atoms with Crippen LogP contribution in [0.2, 0.25) is 0 Å². The van der Waals surface area contributed by atoms with E-state index in [0.29, 0.717) is 5.92 Å². The van der Waals surface area contributed by atoms with Gasteiger partial charge < -0.3 is 5.32 Å². The first-order chi connectivity index (χ1) is 5.68. The lowest BCUT2D eigenvalue weighted by molar-refractivity contribution is 0.822. The van der Waals surface area contributed by atoms with Gasteiger partial charge in [0.2, 0.25) is 5.13 Å². The summed E-state index contributed by atoms with van der Waals surface area (Å²) in [5.74, 6) is 0.540. The minimum Gasteiger partial charge on any atom is -0.333 e. The Hall–Kier alpha value is -0.970. The predicted molar refractivity (Wildman–Crippen MR) is 49.9 cm³/mol. The lowest BCUT2D eigenvalue weighted by atomic mass is 10.2. The molecule has 66 valence electrons. The molecule has 0 radical (unpaired) electrons. The van der Waals surface area contributed by atoms with Crippen LogP contribution in [0.1, 0.15) is 20.8 Å². The van der Waals surface area contributed by atoms with Gasteiger partial charge in [-0.2, -0.15) is 0 Å². The van der Waals surface area contributed by atoms with Crippen LogP contribution >= 0.6 is 11.5 Å². The highest BCUT2D eigenvalue weighted by Gasteiger charge is 1.97. The molecule has 1 aromatic rings. The van der Waals surface area contributed by atoms with Gasteiger partial charge in [-0.25, -0.2) is 0 Å². The van der Waals surface area contributed by atoms with Crippen molar-refractivity contribution in [3.8, 4) is 0 Å². The Bertz CT molecular complexity index is 252. The Labute approximate surface area is 75.9 Å². The van der Waals surface area contributed by atoms with E-state index in [0.717, 1.165) is 10.8 Å². The first-order valence-electron chi connectivity index (χ1n) is 3.79. The maximum Gasteiger partial charge on any atom is 0.229 e. The maximum atomic E-state index is 3.77. The molecule has 12 heavy (non-hydrogen) atoms.